The molecule has 0 aliphatic carbocycles. The second kappa shape index (κ2) is 6.20. The molecule has 0 aliphatic rings. The van der Waals surface area contributed by atoms with Gasteiger partial charge >= 0.3 is 0 Å². The minimum absolute atomic E-state index is 0.303. The van der Waals surface area contributed by atoms with E-state index in [1.54, 1.807) is 24.3 Å². The first-order chi connectivity index (χ1) is 9.53. The number of aryl methyl sites for hydroxylation is 2. The molecule has 0 unspecified atom stereocenters. The van der Waals surface area contributed by atoms with Gasteiger partial charge in [-0.2, -0.15) is 0 Å². The van der Waals surface area contributed by atoms with E-state index in [1.807, 2.05) is 31.2 Å². The Balaban J connectivity index is 2.15. The smallest absolute Gasteiger partial charge is 0.207 e. The van der Waals surface area contributed by atoms with E-state index in [0.29, 0.717) is 11.4 Å². The van der Waals surface area contributed by atoms with Crippen LogP contribution in [0.2, 0.25) is 0 Å². The Labute approximate surface area is 120 Å². The molecule has 0 radical (unpaired) electrons. The van der Waals surface area contributed by atoms with Gasteiger partial charge in [-0.3, -0.25) is 0 Å². The maximum atomic E-state index is 12.2. The van der Waals surface area contributed by atoms with E-state index in [2.05, 4.69) is 11.6 Å². The molecule has 106 valence electrons. The molecular formula is C16H19NO2S. The van der Waals surface area contributed by atoms with Gasteiger partial charge in [0, 0.05) is 6.54 Å². The third-order valence-corrected chi connectivity index (χ3v) is 4.70. The Morgan fingerprint density at radius 3 is 2.15 bits per heavy atom. The number of benzene rings is 2. The topological polar surface area (TPSA) is 46.2 Å². The molecule has 2 aromatic rings. The van der Waals surface area contributed by atoms with Gasteiger partial charge in [-0.05, 0) is 36.6 Å². The summed E-state index contributed by atoms with van der Waals surface area (Å²) in [4.78, 5) is 0.303. The second-order valence-electron chi connectivity index (χ2n) is 4.76. The van der Waals surface area contributed by atoms with Crippen LogP contribution in [-0.4, -0.2) is 8.42 Å². The number of hydrogen-bond donors (Lipinski definition) is 1. The van der Waals surface area contributed by atoms with Crippen LogP contribution in [0.15, 0.2) is 53.4 Å². The van der Waals surface area contributed by atoms with E-state index >= 15 is 0 Å². The summed E-state index contributed by atoms with van der Waals surface area (Å²) in [6.45, 7) is 4.31. The third-order valence-electron chi connectivity index (χ3n) is 3.28. The SMILES string of the molecule is CCc1ccccc1CNS(=O)(=O)c1ccc(C)cc1. The third kappa shape index (κ3) is 3.46. The molecule has 0 atom stereocenters. The summed E-state index contributed by atoms with van der Waals surface area (Å²) in [7, 11) is -3.45. The lowest BCUT2D eigenvalue weighted by Crippen LogP contribution is -2.23. The van der Waals surface area contributed by atoms with Gasteiger partial charge in [-0.25, -0.2) is 13.1 Å². The highest BCUT2D eigenvalue weighted by Crippen LogP contribution is 2.13. The minimum atomic E-state index is -3.45. The van der Waals surface area contributed by atoms with E-state index in [4.69, 9.17) is 0 Å². The second-order valence-corrected chi connectivity index (χ2v) is 6.53. The summed E-state index contributed by atoms with van der Waals surface area (Å²) >= 11 is 0. The van der Waals surface area contributed by atoms with Crippen LogP contribution in [0.5, 0.6) is 0 Å². The molecule has 20 heavy (non-hydrogen) atoms. The largest absolute Gasteiger partial charge is 0.240 e. The maximum Gasteiger partial charge on any atom is 0.240 e. The molecule has 0 saturated heterocycles. The Hall–Kier alpha value is -1.65. The zero-order valence-corrected chi connectivity index (χ0v) is 12.6. The molecule has 3 nitrogen and oxygen atoms in total. The Bertz CT molecular complexity index is 676. The van der Waals surface area contributed by atoms with Gasteiger partial charge in [0.15, 0.2) is 0 Å². The highest BCUT2D eigenvalue weighted by molar-refractivity contribution is 7.89. The van der Waals surface area contributed by atoms with Crippen molar-refractivity contribution in [2.75, 3.05) is 0 Å². The van der Waals surface area contributed by atoms with Crippen LogP contribution in [-0.2, 0) is 23.0 Å². The highest BCUT2D eigenvalue weighted by Gasteiger charge is 2.13. The lowest BCUT2D eigenvalue weighted by molar-refractivity contribution is 0.581. The van der Waals surface area contributed by atoms with Gasteiger partial charge in [0.1, 0.15) is 0 Å². The molecule has 0 fully saturated rings. The summed E-state index contributed by atoms with van der Waals surface area (Å²) < 4.78 is 27.1. The van der Waals surface area contributed by atoms with Gasteiger partial charge in [-0.1, -0.05) is 48.9 Å². The lowest BCUT2D eigenvalue weighted by atomic mass is 10.1. The van der Waals surface area contributed by atoms with Crippen LogP contribution in [0.3, 0.4) is 0 Å². The number of sulfonamides is 1. The van der Waals surface area contributed by atoms with Crippen LogP contribution in [0.25, 0.3) is 0 Å². The average molecular weight is 289 g/mol. The summed E-state index contributed by atoms with van der Waals surface area (Å²) in [5, 5.41) is 0. The lowest BCUT2D eigenvalue weighted by Gasteiger charge is -2.10. The number of rotatable bonds is 5. The van der Waals surface area contributed by atoms with E-state index in [-0.39, 0.29) is 0 Å². The van der Waals surface area contributed by atoms with E-state index < -0.39 is 10.0 Å². The van der Waals surface area contributed by atoms with Crippen LogP contribution >= 0.6 is 0 Å². The van der Waals surface area contributed by atoms with Crippen molar-refractivity contribution in [3.8, 4) is 0 Å². The summed E-state index contributed by atoms with van der Waals surface area (Å²) in [6, 6.07) is 14.7. The van der Waals surface area contributed by atoms with Gasteiger partial charge in [0.2, 0.25) is 10.0 Å². The van der Waals surface area contributed by atoms with Crippen molar-refractivity contribution in [2.45, 2.75) is 31.7 Å². The van der Waals surface area contributed by atoms with Gasteiger partial charge in [-0.15, -0.1) is 0 Å². The van der Waals surface area contributed by atoms with Crippen LogP contribution in [0.1, 0.15) is 23.6 Å². The van der Waals surface area contributed by atoms with E-state index in [1.165, 1.54) is 5.56 Å². The van der Waals surface area contributed by atoms with Crippen LogP contribution in [0, 0.1) is 6.92 Å². The number of hydrogen-bond acceptors (Lipinski definition) is 2. The van der Waals surface area contributed by atoms with Crippen LogP contribution < -0.4 is 4.72 Å². The Morgan fingerprint density at radius 2 is 1.55 bits per heavy atom. The molecule has 0 spiro atoms. The van der Waals surface area contributed by atoms with E-state index in [9.17, 15) is 8.42 Å². The fourth-order valence-electron chi connectivity index (χ4n) is 2.05. The van der Waals surface area contributed by atoms with E-state index in [0.717, 1.165) is 17.5 Å². The predicted octanol–water partition coefficient (Wildman–Crippen LogP) is 3.04. The molecule has 0 amide bonds. The molecule has 0 saturated carbocycles. The molecule has 4 heteroatoms. The molecule has 0 bridgehead atoms. The normalized spacial score (nSPS) is 11.5. The fourth-order valence-corrected chi connectivity index (χ4v) is 3.05. The maximum absolute atomic E-state index is 12.2. The molecular weight excluding hydrogens is 270 g/mol. The first-order valence-electron chi connectivity index (χ1n) is 6.66. The zero-order chi connectivity index (χ0) is 14.6. The fraction of sp³-hybridized carbons (Fsp3) is 0.250. The summed E-state index contributed by atoms with van der Waals surface area (Å²) in [5.41, 5.74) is 3.23. The highest BCUT2D eigenvalue weighted by atomic mass is 32.2. The monoisotopic (exact) mass is 289 g/mol. The molecule has 2 rings (SSSR count). The standard InChI is InChI=1S/C16H19NO2S/c1-3-14-6-4-5-7-15(14)12-17-20(18,19)16-10-8-13(2)9-11-16/h4-11,17H,3,12H2,1-2H3. The number of nitrogens with one attached hydrogen (secondary N) is 1. The molecule has 2 aromatic carbocycles. The van der Waals surface area contributed by atoms with Crippen molar-refractivity contribution in [2.24, 2.45) is 0 Å². The average Bonchev–Trinajstić information content (AvgIpc) is 2.46. The summed E-state index contributed by atoms with van der Waals surface area (Å²) in [5.74, 6) is 0. The van der Waals surface area contributed by atoms with Crippen molar-refractivity contribution >= 4 is 10.0 Å². The predicted molar refractivity (Wildman–Crippen MR) is 81.0 cm³/mol. The first-order valence-corrected chi connectivity index (χ1v) is 8.14. The Morgan fingerprint density at radius 1 is 0.950 bits per heavy atom. The summed E-state index contributed by atoms with van der Waals surface area (Å²) in [6.07, 6.45) is 0.891. The quantitative estimate of drug-likeness (QED) is 0.919. The van der Waals surface area contributed by atoms with Crippen molar-refractivity contribution in [1.82, 2.24) is 4.72 Å². The van der Waals surface area contributed by atoms with Crippen molar-refractivity contribution < 1.29 is 8.42 Å². The molecule has 1 N–H and O–H groups in total. The van der Waals surface area contributed by atoms with Gasteiger partial charge in [0.05, 0.1) is 4.90 Å². The van der Waals surface area contributed by atoms with Crippen molar-refractivity contribution in [1.29, 1.82) is 0 Å². The van der Waals surface area contributed by atoms with Crippen molar-refractivity contribution in [3.05, 3.63) is 65.2 Å². The first kappa shape index (κ1) is 14.8. The minimum Gasteiger partial charge on any atom is -0.207 e. The molecule has 0 aliphatic heterocycles. The Kier molecular flexibility index (Phi) is 4.57. The van der Waals surface area contributed by atoms with Crippen LogP contribution in [0.4, 0.5) is 0 Å². The zero-order valence-electron chi connectivity index (χ0n) is 11.8. The molecule has 0 heterocycles. The van der Waals surface area contributed by atoms with Gasteiger partial charge < -0.3 is 0 Å². The molecule has 0 aromatic heterocycles. The van der Waals surface area contributed by atoms with Crippen molar-refractivity contribution in [3.63, 3.8) is 0 Å². The van der Waals surface area contributed by atoms with Gasteiger partial charge in [0.25, 0.3) is 0 Å².